The number of rotatable bonds is 9. The largest absolute Gasteiger partial charge is 0.374 e. The Bertz CT molecular complexity index is 172. The molecule has 0 radical (unpaired) electrons. The second-order valence-corrected chi connectivity index (χ2v) is 4.90. The highest BCUT2D eigenvalue weighted by Gasteiger charge is 2.35. The van der Waals surface area contributed by atoms with Gasteiger partial charge in [-0.2, -0.15) is 0 Å². The smallest absolute Gasteiger partial charge is 0.0806 e. The lowest BCUT2D eigenvalue weighted by molar-refractivity contribution is -0.0680. The van der Waals surface area contributed by atoms with Crippen molar-refractivity contribution in [2.45, 2.75) is 72.4 Å². The molecular formula is C14H31NO. The van der Waals surface area contributed by atoms with Crippen molar-refractivity contribution in [1.82, 2.24) is 5.32 Å². The first kappa shape index (κ1) is 15.9. The van der Waals surface area contributed by atoms with Crippen LogP contribution in [0.2, 0.25) is 0 Å². The summed E-state index contributed by atoms with van der Waals surface area (Å²) in [5.74, 6) is 0.668. The van der Waals surface area contributed by atoms with Gasteiger partial charge in [0.2, 0.25) is 0 Å². The summed E-state index contributed by atoms with van der Waals surface area (Å²) < 4.78 is 6.00. The van der Waals surface area contributed by atoms with E-state index >= 15 is 0 Å². The molecule has 3 atom stereocenters. The summed E-state index contributed by atoms with van der Waals surface area (Å²) in [5, 5.41) is 3.62. The third kappa shape index (κ3) is 4.42. The first-order valence-electron chi connectivity index (χ1n) is 6.92. The molecule has 0 aromatic heterocycles. The minimum Gasteiger partial charge on any atom is -0.374 e. The number of ether oxygens (including phenoxy) is 1. The van der Waals surface area contributed by atoms with Crippen molar-refractivity contribution in [2.75, 3.05) is 13.2 Å². The van der Waals surface area contributed by atoms with E-state index < -0.39 is 0 Å². The van der Waals surface area contributed by atoms with Crippen molar-refractivity contribution in [3.63, 3.8) is 0 Å². The fraction of sp³-hybridized carbons (Fsp3) is 1.00. The third-order valence-electron chi connectivity index (χ3n) is 3.57. The number of hydrogen-bond acceptors (Lipinski definition) is 2. The molecule has 0 saturated heterocycles. The van der Waals surface area contributed by atoms with E-state index in [1.165, 1.54) is 12.8 Å². The number of hydrogen-bond donors (Lipinski definition) is 1. The van der Waals surface area contributed by atoms with Gasteiger partial charge in [-0.3, -0.25) is 0 Å². The fourth-order valence-electron chi connectivity index (χ4n) is 2.60. The van der Waals surface area contributed by atoms with Gasteiger partial charge in [0.15, 0.2) is 0 Å². The van der Waals surface area contributed by atoms with Crippen molar-refractivity contribution in [2.24, 2.45) is 5.92 Å². The predicted molar refractivity (Wildman–Crippen MR) is 71.9 cm³/mol. The topological polar surface area (TPSA) is 21.3 Å². The Balaban J connectivity index is 4.69. The molecule has 0 aromatic carbocycles. The maximum atomic E-state index is 6.00. The normalized spacial score (nSPS) is 19.1. The lowest BCUT2D eigenvalue weighted by Crippen LogP contribution is -2.53. The minimum atomic E-state index is -0.0284. The fourth-order valence-corrected chi connectivity index (χ4v) is 2.60. The van der Waals surface area contributed by atoms with E-state index in [-0.39, 0.29) is 5.60 Å². The molecule has 2 heteroatoms. The van der Waals surface area contributed by atoms with E-state index in [4.69, 9.17) is 4.74 Å². The van der Waals surface area contributed by atoms with Gasteiger partial charge in [-0.15, -0.1) is 0 Å². The van der Waals surface area contributed by atoms with Crippen LogP contribution >= 0.6 is 0 Å². The van der Waals surface area contributed by atoms with Crippen molar-refractivity contribution < 1.29 is 4.74 Å². The van der Waals surface area contributed by atoms with E-state index in [0.717, 1.165) is 19.6 Å². The molecule has 0 aliphatic heterocycles. The van der Waals surface area contributed by atoms with E-state index in [0.29, 0.717) is 12.0 Å². The van der Waals surface area contributed by atoms with Crippen molar-refractivity contribution >= 4 is 0 Å². The Labute approximate surface area is 102 Å². The Hall–Kier alpha value is -0.0800. The molecule has 1 N–H and O–H groups in total. The number of likely N-dealkylation sites (N-methyl/N-ethyl adjacent to an activating group) is 1. The molecular weight excluding hydrogens is 198 g/mol. The van der Waals surface area contributed by atoms with Crippen LogP contribution in [0.15, 0.2) is 0 Å². The lowest BCUT2D eigenvalue weighted by Gasteiger charge is -2.41. The standard InChI is InChI=1S/C14H31NO/c1-7-11-12(5)13(15-9-3)14(6,8-2)16-10-4/h12-13,15H,7-11H2,1-6H3. The van der Waals surface area contributed by atoms with Crippen LogP contribution in [0.5, 0.6) is 0 Å². The first-order valence-corrected chi connectivity index (χ1v) is 6.92. The Morgan fingerprint density at radius 1 is 1.19 bits per heavy atom. The highest BCUT2D eigenvalue weighted by atomic mass is 16.5. The van der Waals surface area contributed by atoms with Gasteiger partial charge >= 0.3 is 0 Å². The van der Waals surface area contributed by atoms with Crippen LogP contribution in [0, 0.1) is 5.92 Å². The Morgan fingerprint density at radius 3 is 2.19 bits per heavy atom. The summed E-state index contributed by atoms with van der Waals surface area (Å²) in [6.45, 7) is 15.1. The van der Waals surface area contributed by atoms with Gasteiger partial charge in [0, 0.05) is 12.6 Å². The summed E-state index contributed by atoms with van der Waals surface area (Å²) in [6.07, 6.45) is 3.57. The van der Waals surface area contributed by atoms with Crippen LogP contribution in [0.25, 0.3) is 0 Å². The van der Waals surface area contributed by atoms with Crippen molar-refractivity contribution in [3.05, 3.63) is 0 Å². The predicted octanol–water partition coefficient (Wildman–Crippen LogP) is 3.61. The molecule has 98 valence electrons. The summed E-state index contributed by atoms with van der Waals surface area (Å²) >= 11 is 0. The van der Waals surface area contributed by atoms with Crippen LogP contribution in [0.1, 0.15) is 60.8 Å². The zero-order valence-corrected chi connectivity index (χ0v) is 12.1. The lowest BCUT2D eigenvalue weighted by atomic mass is 9.82. The molecule has 16 heavy (non-hydrogen) atoms. The molecule has 0 bridgehead atoms. The zero-order valence-electron chi connectivity index (χ0n) is 12.1. The van der Waals surface area contributed by atoms with Gasteiger partial charge in [0.25, 0.3) is 0 Å². The summed E-state index contributed by atoms with van der Waals surface area (Å²) in [7, 11) is 0. The van der Waals surface area contributed by atoms with Crippen LogP contribution in [-0.4, -0.2) is 24.8 Å². The quantitative estimate of drug-likeness (QED) is 0.652. The Morgan fingerprint density at radius 2 is 1.81 bits per heavy atom. The molecule has 0 fully saturated rings. The maximum absolute atomic E-state index is 6.00. The van der Waals surface area contributed by atoms with Gasteiger partial charge in [0.05, 0.1) is 5.60 Å². The molecule has 3 unspecified atom stereocenters. The number of nitrogens with one attached hydrogen (secondary N) is 1. The van der Waals surface area contributed by atoms with Crippen molar-refractivity contribution in [3.8, 4) is 0 Å². The average molecular weight is 229 g/mol. The molecule has 2 nitrogen and oxygen atoms in total. The van der Waals surface area contributed by atoms with Crippen LogP contribution in [0.4, 0.5) is 0 Å². The second-order valence-electron chi connectivity index (χ2n) is 4.90. The van der Waals surface area contributed by atoms with Gasteiger partial charge in [-0.05, 0) is 39.2 Å². The minimum absolute atomic E-state index is 0.0284. The van der Waals surface area contributed by atoms with Gasteiger partial charge < -0.3 is 10.1 Å². The highest BCUT2D eigenvalue weighted by molar-refractivity contribution is 4.91. The molecule has 0 aromatic rings. The molecule has 0 saturated carbocycles. The maximum Gasteiger partial charge on any atom is 0.0806 e. The van der Waals surface area contributed by atoms with Crippen molar-refractivity contribution in [1.29, 1.82) is 0 Å². The summed E-state index contributed by atoms with van der Waals surface area (Å²) in [4.78, 5) is 0. The molecule has 0 aliphatic carbocycles. The highest BCUT2D eigenvalue weighted by Crippen LogP contribution is 2.27. The monoisotopic (exact) mass is 229 g/mol. The SMILES string of the molecule is CCCC(C)C(NCC)C(C)(CC)OCC. The molecule has 0 spiro atoms. The van der Waals surface area contributed by atoms with E-state index in [1.807, 2.05) is 0 Å². The molecule has 0 heterocycles. The molecule has 0 rings (SSSR count). The van der Waals surface area contributed by atoms with E-state index in [2.05, 4.69) is 46.9 Å². The second kappa shape index (κ2) is 8.08. The zero-order chi connectivity index (χ0) is 12.6. The molecule has 0 aliphatic rings. The van der Waals surface area contributed by atoms with Crippen LogP contribution < -0.4 is 5.32 Å². The summed E-state index contributed by atoms with van der Waals surface area (Å²) in [6, 6.07) is 0.461. The molecule has 0 amide bonds. The van der Waals surface area contributed by atoms with Gasteiger partial charge in [-0.25, -0.2) is 0 Å². The summed E-state index contributed by atoms with van der Waals surface area (Å²) in [5.41, 5.74) is -0.0284. The average Bonchev–Trinajstić information content (AvgIpc) is 2.26. The van der Waals surface area contributed by atoms with Crippen LogP contribution in [0.3, 0.4) is 0 Å². The van der Waals surface area contributed by atoms with E-state index in [9.17, 15) is 0 Å². The third-order valence-corrected chi connectivity index (χ3v) is 3.57. The van der Waals surface area contributed by atoms with E-state index in [1.54, 1.807) is 0 Å². The first-order chi connectivity index (χ1) is 7.55. The van der Waals surface area contributed by atoms with Gasteiger partial charge in [-0.1, -0.05) is 34.1 Å². The Kier molecular flexibility index (Phi) is 8.04. The van der Waals surface area contributed by atoms with Crippen LogP contribution in [-0.2, 0) is 4.74 Å². The van der Waals surface area contributed by atoms with Gasteiger partial charge in [0.1, 0.15) is 0 Å².